The molecular weight excluding hydrogens is 316 g/mol. The normalized spacial score (nSPS) is 12.5. The van der Waals surface area contributed by atoms with Crippen LogP contribution in [0.1, 0.15) is 36.6 Å². The molecular formula is C17H19BrO2. The van der Waals surface area contributed by atoms with Crippen molar-refractivity contribution in [2.75, 3.05) is 0 Å². The van der Waals surface area contributed by atoms with Gasteiger partial charge < -0.3 is 9.84 Å². The Hall–Kier alpha value is -1.32. The maximum absolute atomic E-state index is 10.6. The maximum atomic E-state index is 10.6. The summed E-state index contributed by atoms with van der Waals surface area (Å²) in [5.74, 6) is 0.728. The van der Waals surface area contributed by atoms with Crippen molar-refractivity contribution in [1.82, 2.24) is 0 Å². The number of ether oxygens (including phenoxy) is 1. The molecule has 0 saturated carbocycles. The molecule has 0 aromatic heterocycles. The molecule has 106 valence electrons. The van der Waals surface area contributed by atoms with Gasteiger partial charge in [0.2, 0.25) is 0 Å². The first-order chi connectivity index (χ1) is 9.49. The number of halogens is 1. The Balaban J connectivity index is 2.37. The van der Waals surface area contributed by atoms with Crippen molar-refractivity contribution in [3.63, 3.8) is 0 Å². The molecule has 0 saturated heterocycles. The summed E-state index contributed by atoms with van der Waals surface area (Å²) in [5.41, 5.74) is 2.78. The first-order valence-corrected chi connectivity index (χ1v) is 7.48. The van der Waals surface area contributed by atoms with E-state index >= 15 is 0 Å². The van der Waals surface area contributed by atoms with E-state index in [4.69, 9.17) is 4.74 Å². The summed E-state index contributed by atoms with van der Waals surface area (Å²) in [7, 11) is 0. The number of rotatable bonds is 4. The minimum atomic E-state index is -0.693. The van der Waals surface area contributed by atoms with E-state index in [9.17, 15) is 5.11 Å². The van der Waals surface area contributed by atoms with Crippen LogP contribution in [0.15, 0.2) is 46.9 Å². The summed E-state index contributed by atoms with van der Waals surface area (Å²) in [6.45, 7) is 5.98. The number of aliphatic hydroxyl groups is 1. The number of aliphatic hydroxyl groups excluding tert-OH is 1. The van der Waals surface area contributed by atoms with E-state index in [1.54, 1.807) is 0 Å². The molecule has 20 heavy (non-hydrogen) atoms. The fourth-order valence-electron chi connectivity index (χ4n) is 2.03. The van der Waals surface area contributed by atoms with Crippen LogP contribution in [0.2, 0.25) is 0 Å². The van der Waals surface area contributed by atoms with Gasteiger partial charge in [-0.15, -0.1) is 0 Å². The zero-order valence-corrected chi connectivity index (χ0v) is 13.5. The molecule has 0 radical (unpaired) electrons. The molecule has 0 bridgehead atoms. The van der Waals surface area contributed by atoms with Gasteiger partial charge in [0.15, 0.2) is 0 Å². The molecule has 1 unspecified atom stereocenters. The van der Waals surface area contributed by atoms with E-state index in [0.717, 1.165) is 26.9 Å². The number of aryl methyl sites for hydroxylation is 1. The Bertz CT molecular complexity index is 593. The molecule has 0 fully saturated rings. The summed E-state index contributed by atoms with van der Waals surface area (Å²) < 4.78 is 6.77. The van der Waals surface area contributed by atoms with Gasteiger partial charge in [0.1, 0.15) is 11.9 Å². The lowest BCUT2D eigenvalue weighted by Gasteiger charge is -2.18. The van der Waals surface area contributed by atoms with Crippen LogP contribution in [0.5, 0.6) is 5.75 Å². The maximum Gasteiger partial charge on any atom is 0.125 e. The van der Waals surface area contributed by atoms with Gasteiger partial charge in [0, 0.05) is 10.0 Å². The van der Waals surface area contributed by atoms with Crippen molar-refractivity contribution in [3.8, 4) is 5.75 Å². The fraction of sp³-hybridized carbons (Fsp3) is 0.294. The van der Waals surface area contributed by atoms with Gasteiger partial charge in [-0.05, 0) is 44.0 Å². The summed E-state index contributed by atoms with van der Waals surface area (Å²) in [4.78, 5) is 0. The third-order valence-electron chi connectivity index (χ3n) is 3.09. The predicted octanol–water partition coefficient (Wildman–Crippen LogP) is 4.63. The average Bonchev–Trinajstić information content (AvgIpc) is 2.41. The standard InChI is InChI=1S/C17H19BrO2/c1-11(2)20-16-7-5-4-6-14(16)17(19)13-9-8-12(3)15(18)10-13/h4-11,17,19H,1-3H3. The largest absolute Gasteiger partial charge is 0.491 e. The second-order valence-corrected chi connectivity index (χ2v) is 5.97. The zero-order valence-electron chi connectivity index (χ0n) is 11.9. The summed E-state index contributed by atoms with van der Waals surface area (Å²) in [5, 5.41) is 10.6. The number of hydrogen-bond donors (Lipinski definition) is 1. The van der Waals surface area contributed by atoms with Gasteiger partial charge in [-0.1, -0.05) is 46.3 Å². The second kappa shape index (κ2) is 6.42. The third-order valence-corrected chi connectivity index (χ3v) is 3.94. The van der Waals surface area contributed by atoms with Crippen molar-refractivity contribution < 1.29 is 9.84 Å². The monoisotopic (exact) mass is 334 g/mol. The van der Waals surface area contributed by atoms with E-state index in [1.165, 1.54) is 0 Å². The van der Waals surface area contributed by atoms with Gasteiger partial charge in [-0.25, -0.2) is 0 Å². The zero-order chi connectivity index (χ0) is 14.7. The Morgan fingerprint density at radius 1 is 1.10 bits per heavy atom. The number of benzene rings is 2. The number of para-hydroxylation sites is 1. The lowest BCUT2D eigenvalue weighted by atomic mass is 10.00. The van der Waals surface area contributed by atoms with Crippen LogP contribution >= 0.6 is 15.9 Å². The Morgan fingerprint density at radius 3 is 2.45 bits per heavy atom. The highest BCUT2D eigenvalue weighted by molar-refractivity contribution is 9.10. The van der Waals surface area contributed by atoms with Crippen molar-refractivity contribution in [2.24, 2.45) is 0 Å². The molecule has 1 N–H and O–H groups in total. The van der Waals surface area contributed by atoms with Gasteiger partial charge in [-0.2, -0.15) is 0 Å². The molecule has 2 nitrogen and oxygen atoms in total. The lowest BCUT2D eigenvalue weighted by Crippen LogP contribution is -2.10. The average molecular weight is 335 g/mol. The summed E-state index contributed by atoms with van der Waals surface area (Å²) in [6.07, 6.45) is -0.616. The Morgan fingerprint density at radius 2 is 1.80 bits per heavy atom. The summed E-state index contributed by atoms with van der Waals surface area (Å²) in [6, 6.07) is 13.5. The first kappa shape index (κ1) is 15.1. The van der Waals surface area contributed by atoms with Crippen molar-refractivity contribution in [1.29, 1.82) is 0 Å². The lowest BCUT2D eigenvalue weighted by molar-refractivity contribution is 0.198. The molecule has 0 aliphatic rings. The van der Waals surface area contributed by atoms with Crippen LogP contribution < -0.4 is 4.74 Å². The molecule has 2 rings (SSSR count). The third kappa shape index (κ3) is 3.41. The van der Waals surface area contributed by atoms with Gasteiger partial charge >= 0.3 is 0 Å². The van der Waals surface area contributed by atoms with Crippen LogP contribution in [-0.2, 0) is 0 Å². The summed E-state index contributed by atoms with van der Waals surface area (Å²) >= 11 is 3.50. The Labute approximate surface area is 128 Å². The second-order valence-electron chi connectivity index (χ2n) is 5.12. The smallest absolute Gasteiger partial charge is 0.125 e. The first-order valence-electron chi connectivity index (χ1n) is 6.68. The molecule has 0 aliphatic carbocycles. The van der Waals surface area contributed by atoms with Crippen molar-refractivity contribution in [2.45, 2.75) is 33.0 Å². The SMILES string of the molecule is Cc1ccc(C(O)c2ccccc2OC(C)C)cc1Br. The van der Waals surface area contributed by atoms with Gasteiger partial charge in [0.25, 0.3) is 0 Å². The van der Waals surface area contributed by atoms with Crippen LogP contribution in [0, 0.1) is 6.92 Å². The van der Waals surface area contributed by atoms with Crippen LogP contribution in [0.4, 0.5) is 0 Å². The molecule has 2 aromatic carbocycles. The molecule has 2 aromatic rings. The molecule has 0 heterocycles. The highest BCUT2D eigenvalue weighted by Gasteiger charge is 2.16. The van der Waals surface area contributed by atoms with Crippen LogP contribution in [0.3, 0.4) is 0 Å². The van der Waals surface area contributed by atoms with Crippen molar-refractivity contribution >= 4 is 15.9 Å². The molecule has 3 heteroatoms. The van der Waals surface area contributed by atoms with Gasteiger partial charge in [-0.3, -0.25) is 0 Å². The van der Waals surface area contributed by atoms with E-state index < -0.39 is 6.10 Å². The van der Waals surface area contributed by atoms with Crippen molar-refractivity contribution in [3.05, 3.63) is 63.6 Å². The minimum Gasteiger partial charge on any atom is -0.491 e. The predicted molar refractivity (Wildman–Crippen MR) is 85.1 cm³/mol. The highest BCUT2D eigenvalue weighted by Crippen LogP contribution is 2.32. The van der Waals surface area contributed by atoms with Crippen LogP contribution in [-0.4, -0.2) is 11.2 Å². The van der Waals surface area contributed by atoms with E-state index in [1.807, 2.05) is 63.2 Å². The quantitative estimate of drug-likeness (QED) is 0.883. The van der Waals surface area contributed by atoms with E-state index in [0.29, 0.717) is 0 Å². The minimum absolute atomic E-state index is 0.0769. The van der Waals surface area contributed by atoms with E-state index in [2.05, 4.69) is 15.9 Å². The van der Waals surface area contributed by atoms with Crippen LogP contribution in [0.25, 0.3) is 0 Å². The number of hydrogen-bond acceptors (Lipinski definition) is 2. The molecule has 0 amide bonds. The fourth-order valence-corrected chi connectivity index (χ4v) is 2.42. The Kier molecular flexibility index (Phi) is 4.84. The molecule has 0 aliphatic heterocycles. The highest BCUT2D eigenvalue weighted by atomic mass is 79.9. The van der Waals surface area contributed by atoms with Gasteiger partial charge in [0.05, 0.1) is 6.10 Å². The molecule has 0 spiro atoms. The van der Waals surface area contributed by atoms with E-state index in [-0.39, 0.29) is 6.10 Å². The topological polar surface area (TPSA) is 29.5 Å². The molecule has 1 atom stereocenters.